The first-order valence-electron chi connectivity index (χ1n) is 14.0. The molecule has 1 atom stereocenters. The van der Waals surface area contributed by atoms with Crippen LogP contribution in [0.2, 0.25) is 0 Å². The number of carbonyl (C=O) groups is 1. The lowest BCUT2D eigenvalue weighted by molar-refractivity contribution is -0.128. The van der Waals surface area contributed by atoms with E-state index in [1.165, 1.54) is 16.8 Å². The number of fused-ring (bicyclic) bond motifs is 2. The van der Waals surface area contributed by atoms with Crippen LogP contribution >= 0.6 is 0 Å². The van der Waals surface area contributed by atoms with Crippen LogP contribution in [0.25, 0.3) is 10.8 Å². The fourth-order valence-corrected chi connectivity index (χ4v) is 5.82. The van der Waals surface area contributed by atoms with Crippen LogP contribution in [-0.4, -0.2) is 80.2 Å². The highest BCUT2D eigenvalue weighted by Gasteiger charge is 2.34. The number of carbonyl (C=O) groups excluding carboxylic acids is 1. The monoisotopic (exact) mass is 549 g/mol. The summed E-state index contributed by atoms with van der Waals surface area (Å²) in [7, 11) is 3.95. The van der Waals surface area contributed by atoms with Gasteiger partial charge in [0.1, 0.15) is 24.1 Å². The lowest BCUT2D eigenvalue weighted by Crippen LogP contribution is -2.55. The molecule has 1 amide bonds. The van der Waals surface area contributed by atoms with Gasteiger partial charge in [-0.05, 0) is 38.0 Å². The molecule has 1 aromatic heterocycles. The van der Waals surface area contributed by atoms with Gasteiger partial charge >= 0.3 is 0 Å². The number of likely N-dealkylation sites (N-methyl/N-ethyl adjacent to an activating group) is 1. The van der Waals surface area contributed by atoms with E-state index < -0.39 is 0 Å². The van der Waals surface area contributed by atoms with Gasteiger partial charge in [-0.25, -0.2) is 0 Å². The Hall–Kier alpha value is -4.60. The van der Waals surface area contributed by atoms with Gasteiger partial charge in [0.2, 0.25) is 11.8 Å². The first-order valence-corrected chi connectivity index (χ1v) is 14.0. The summed E-state index contributed by atoms with van der Waals surface area (Å²) in [4.78, 5) is 25.7. The summed E-state index contributed by atoms with van der Waals surface area (Å²) < 4.78 is 6.15. The second-order valence-corrected chi connectivity index (χ2v) is 10.7. The number of nitriles is 2. The average molecular weight is 550 g/mol. The van der Waals surface area contributed by atoms with Crippen molar-refractivity contribution in [2.24, 2.45) is 0 Å². The number of hydrogen-bond acceptors (Lipinski definition) is 8. The number of ether oxygens (including phenoxy) is 1. The number of amides is 1. The highest BCUT2D eigenvalue weighted by molar-refractivity contribution is 5.94. The highest BCUT2D eigenvalue weighted by atomic mass is 16.5. The summed E-state index contributed by atoms with van der Waals surface area (Å²) in [6, 6.07) is 19.0. The van der Waals surface area contributed by atoms with Crippen molar-refractivity contribution in [3.8, 4) is 18.0 Å². The summed E-state index contributed by atoms with van der Waals surface area (Å²) in [6.45, 7) is 7.56. The molecule has 5 rings (SSSR count). The van der Waals surface area contributed by atoms with Crippen LogP contribution in [0.1, 0.15) is 23.1 Å². The van der Waals surface area contributed by atoms with Gasteiger partial charge in [0.05, 0.1) is 18.5 Å². The summed E-state index contributed by atoms with van der Waals surface area (Å²) >= 11 is 0. The van der Waals surface area contributed by atoms with E-state index in [4.69, 9.17) is 9.72 Å². The smallest absolute Gasteiger partial charge is 0.246 e. The topological polar surface area (TPSA) is 99.7 Å². The molecule has 9 nitrogen and oxygen atoms in total. The van der Waals surface area contributed by atoms with Crippen molar-refractivity contribution in [2.75, 3.05) is 63.2 Å². The summed E-state index contributed by atoms with van der Waals surface area (Å²) in [6.07, 6.45) is 2.23. The molecule has 2 aliphatic rings. The number of aromatic nitrogens is 1. The average Bonchev–Trinajstić information content (AvgIpc) is 2.99. The molecule has 0 N–H and O–H groups in total. The highest BCUT2D eigenvalue weighted by Crippen LogP contribution is 2.38. The van der Waals surface area contributed by atoms with E-state index in [1.807, 2.05) is 25.1 Å². The molecule has 1 fully saturated rings. The van der Waals surface area contributed by atoms with Crippen molar-refractivity contribution in [3.63, 3.8) is 0 Å². The van der Waals surface area contributed by atoms with Crippen LogP contribution in [0.3, 0.4) is 0 Å². The minimum atomic E-state index is -0.277. The van der Waals surface area contributed by atoms with Crippen LogP contribution in [0.4, 0.5) is 11.5 Å². The molecule has 210 valence electrons. The maximum Gasteiger partial charge on any atom is 0.246 e. The zero-order valence-corrected chi connectivity index (χ0v) is 23.7. The largest absolute Gasteiger partial charge is 0.475 e. The molecule has 0 radical (unpaired) electrons. The number of anilines is 2. The molecule has 0 spiro atoms. The SMILES string of the molecule is C=CC(=O)N1CCN(c2nc(OCCN(C)C)c(C#N)c3c2CCN(c2cccc4ccccc24)C3)CC1CC#N. The number of nitrogens with zero attached hydrogens (tertiary/aromatic N) is 7. The van der Waals surface area contributed by atoms with Crippen molar-refractivity contribution < 1.29 is 9.53 Å². The van der Waals surface area contributed by atoms with Crippen LogP contribution in [0, 0.1) is 22.7 Å². The molecule has 3 heterocycles. The molecule has 0 bridgehead atoms. The summed E-state index contributed by atoms with van der Waals surface area (Å²) in [5.74, 6) is 0.951. The molecule has 1 unspecified atom stereocenters. The van der Waals surface area contributed by atoms with E-state index >= 15 is 0 Å². The lowest BCUT2D eigenvalue weighted by atomic mass is 9.94. The Bertz CT molecular complexity index is 1530. The molecule has 3 aromatic rings. The van der Waals surface area contributed by atoms with Gasteiger partial charge in [-0.1, -0.05) is 43.0 Å². The van der Waals surface area contributed by atoms with E-state index in [-0.39, 0.29) is 18.4 Å². The van der Waals surface area contributed by atoms with E-state index in [9.17, 15) is 15.3 Å². The maximum atomic E-state index is 12.5. The fourth-order valence-electron chi connectivity index (χ4n) is 5.82. The Kier molecular flexibility index (Phi) is 8.37. The Morgan fingerprint density at radius 1 is 1.12 bits per heavy atom. The zero-order chi connectivity index (χ0) is 28.9. The molecule has 1 saturated heterocycles. The van der Waals surface area contributed by atoms with Crippen LogP contribution in [-0.2, 0) is 17.8 Å². The van der Waals surface area contributed by atoms with Crippen LogP contribution in [0.5, 0.6) is 5.88 Å². The summed E-state index contributed by atoms with van der Waals surface area (Å²) in [5, 5.41) is 22.2. The van der Waals surface area contributed by atoms with E-state index in [0.29, 0.717) is 57.2 Å². The van der Waals surface area contributed by atoms with Gasteiger partial charge < -0.3 is 24.3 Å². The lowest BCUT2D eigenvalue weighted by Gasteiger charge is -2.42. The second kappa shape index (κ2) is 12.3. The van der Waals surface area contributed by atoms with E-state index in [1.54, 1.807) is 4.90 Å². The number of pyridine rings is 1. The molecule has 9 heteroatoms. The Balaban J connectivity index is 1.55. The molecular weight excluding hydrogens is 514 g/mol. The van der Waals surface area contributed by atoms with Crippen molar-refractivity contribution >= 4 is 28.2 Å². The first kappa shape index (κ1) is 27.9. The van der Waals surface area contributed by atoms with Gasteiger partial charge in [-0.3, -0.25) is 4.79 Å². The van der Waals surface area contributed by atoms with Gasteiger partial charge in [0.25, 0.3) is 0 Å². The molecule has 0 aliphatic carbocycles. The summed E-state index contributed by atoms with van der Waals surface area (Å²) in [5.41, 5.74) is 3.58. The fraction of sp³-hybridized carbons (Fsp3) is 0.375. The number of benzene rings is 2. The third kappa shape index (κ3) is 5.68. The van der Waals surface area contributed by atoms with Crippen molar-refractivity contribution in [1.29, 1.82) is 10.5 Å². The van der Waals surface area contributed by atoms with Crippen molar-refractivity contribution in [3.05, 3.63) is 71.8 Å². The Labute approximate surface area is 241 Å². The number of rotatable bonds is 8. The minimum absolute atomic E-state index is 0.168. The molecule has 2 aromatic carbocycles. The Morgan fingerprint density at radius 3 is 2.68 bits per heavy atom. The van der Waals surface area contributed by atoms with E-state index in [0.717, 1.165) is 29.2 Å². The first-order chi connectivity index (χ1) is 19.9. The quantitative estimate of drug-likeness (QED) is 0.392. The number of hydrogen-bond donors (Lipinski definition) is 0. The normalized spacial score (nSPS) is 16.7. The van der Waals surface area contributed by atoms with E-state index in [2.05, 4.69) is 64.9 Å². The third-order valence-corrected chi connectivity index (χ3v) is 7.90. The van der Waals surface area contributed by atoms with Crippen molar-refractivity contribution in [1.82, 2.24) is 14.8 Å². The van der Waals surface area contributed by atoms with Crippen LogP contribution in [0.15, 0.2) is 55.1 Å². The molecule has 41 heavy (non-hydrogen) atoms. The molecule has 0 saturated carbocycles. The molecule has 2 aliphatic heterocycles. The van der Waals surface area contributed by atoms with Gasteiger partial charge in [0, 0.05) is 61.5 Å². The third-order valence-electron chi connectivity index (χ3n) is 7.90. The van der Waals surface area contributed by atoms with Gasteiger partial charge in [0.15, 0.2) is 0 Å². The zero-order valence-electron chi connectivity index (χ0n) is 23.7. The second-order valence-electron chi connectivity index (χ2n) is 10.7. The number of piperazine rings is 1. The minimum Gasteiger partial charge on any atom is -0.475 e. The Morgan fingerprint density at radius 2 is 1.93 bits per heavy atom. The standard InChI is InChI=1S/C32H35N7O2/c1-4-30(40)39-17-16-38(21-24(39)12-14-33)31-26-13-15-37(29-11-7-9-23-8-5-6-10-25(23)29)22-28(26)27(20-34)32(35-31)41-19-18-36(2)3/h4-11,24H,1,12-13,15-19,21-22H2,2-3H3. The maximum absolute atomic E-state index is 12.5. The van der Waals surface area contributed by atoms with Gasteiger partial charge in [-0.2, -0.15) is 15.5 Å². The predicted octanol–water partition coefficient (Wildman–Crippen LogP) is 3.73. The molecular formula is C32H35N7O2. The van der Waals surface area contributed by atoms with Gasteiger partial charge in [-0.15, -0.1) is 0 Å². The van der Waals surface area contributed by atoms with Crippen molar-refractivity contribution in [2.45, 2.75) is 25.4 Å². The van der Waals surface area contributed by atoms with Crippen LogP contribution < -0.4 is 14.5 Å². The predicted molar refractivity (Wildman–Crippen MR) is 160 cm³/mol.